The molecule has 0 unspecified atom stereocenters. The Morgan fingerprint density at radius 2 is 1.59 bits per heavy atom. The summed E-state index contributed by atoms with van der Waals surface area (Å²) in [5.74, 6) is 0.0160. The summed E-state index contributed by atoms with van der Waals surface area (Å²) in [5.41, 5.74) is 0.985. The van der Waals surface area contributed by atoms with Crippen LogP contribution in [-0.2, 0) is 22.6 Å². The van der Waals surface area contributed by atoms with Crippen molar-refractivity contribution in [2.75, 3.05) is 32.7 Å². The first-order chi connectivity index (χ1) is 18.9. The first kappa shape index (κ1) is 27.3. The molecule has 0 aliphatic carbocycles. The van der Waals surface area contributed by atoms with Crippen molar-refractivity contribution in [3.63, 3.8) is 0 Å². The average molecular weight is 531 g/mol. The van der Waals surface area contributed by atoms with Gasteiger partial charge in [0.25, 0.3) is 11.5 Å². The fraction of sp³-hybridized carbons (Fsp3) is 0.241. The molecular formula is C29H30N4O6. The van der Waals surface area contributed by atoms with Crippen molar-refractivity contribution in [1.29, 1.82) is 0 Å². The number of aromatic nitrogens is 2. The molecule has 0 spiro atoms. The summed E-state index contributed by atoms with van der Waals surface area (Å²) in [5, 5.41) is 5.91. The third-order valence-electron chi connectivity index (χ3n) is 6.18. The van der Waals surface area contributed by atoms with Crippen LogP contribution in [0.5, 0.6) is 5.75 Å². The molecule has 10 nitrogen and oxygen atoms in total. The first-order valence-electron chi connectivity index (χ1n) is 12.4. The zero-order chi connectivity index (χ0) is 27.8. The Morgan fingerprint density at radius 3 is 2.28 bits per heavy atom. The highest BCUT2D eigenvalue weighted by Gasteiger charge is 2.16. The Balaban J connectivity index is 1.57. The minimum absolute atomic E-state index is 0.0155. The van der Waals surface area contributed by atoms with Crippen LogP contribution in [0, 0.1) is 0 Å². The molecule has 2 N–H and O–H groups in total. The molecule has 1 aromatic heterocycles. The van der Waals surface area contributed by atoms with Crippen LogP contribution in [0.15, 0.2) is 82.4 Å². The van der Waals surface area contributed by atoms with Gasteiger partial charge in [0.1, 0.15) is 12.3 Å². The smallest absolute Gasteiger partial charge is 0.332 e. The summed E-state index contributed by atoms with van der Waals surface area (Å²) < 4.78 is 12.5. The normalized spacial score (nSPS) is 10.8. The Kier molecular flexibility index (Phi) is 8.90. The van der Waals surface area contributed by atoms with Gasteiger partial charge in [0.2, 0.25) is 5.91 Å². The van der Waals surface area contributed by atoms with E-state index in [0.717, 1.165) is 4.57 Å². The molecule has 202 valence electrons. The van der Waals surface area contributed by atoms with E-state index < -0.39 is 17.2 Å². The number of ether oxygens (including phenoxy) is 2. The summed E-state index contributed by atoms with van der Waals surface area (Å²) in [7, 11) is 3.16. The molecule has 1 heterocycles. The van der Waals surface area contributed by atoms with E-state index in [9.17, 15) is 19.2 Å². The summed E-state index contributed by atoms with van der Waals surface area (Å²) in [4.78, 5) is 51.9. The minimum Gasteiger partial charge on any atom is -0.497 e. The van der Waals surface area contributed by atoms with Crippen LogP contribution < -0.4 is 26.6 Å². The predicted octanol–water partition coefficient (Wildman–Crippen LogP) is 2.63. The molecular weight excluding hydrogens is 500 g/mol. The second-order valence-electron chi connectivity index (χ2n) is 8.85. The monoisotopic (exact) mass is 530 g/mol. The number of amides is 2. The Hall–Kier alpha value is -4.70. The van der Waals surface area contributed by atoms with Crippen molar-refractivity contribution in [2.24, 2.45) is 0 Å². The van der Waals surface area contributed by atoms with Crippen molar-refractivity contribution in [1.82, 2.24) is 14.5 Å². The number of anilines is 1. The number of carbonyl (C=O) groups is 2. The lowest BCUT2D eigenvalue weighted by atomic mass is 10.1. The van der Waals surface area contributed by atoms with Gasteiger partial charge in [0, 0.05) is 31.5 Å². The number of fused-ring (bicyclic) bond motifs is 1. The van der Waals surface area contributed by atoms with Gasteiger partial charge in [-0.1, -0.05) is 24.3 Å². The molecule has 0 atom stereocenters. The molecule has 0 aliphatic rings. The second-order valence-corrected chi connectivity index (χ2v) is 8.85. The number of methoxy groups -OCH3 is 2. The molecule has 0 saturated carbocycles. The maximum absolute atomic E-state index is 13.5. The molecule has 0 saturated heterocycles. The van der Waals surface area contributed by atoms with Crippen LogP contribution in [0.1, 0.15) is 22.3 Å². The Labute approximate surface area is 224 Å². The van der Waals surface area contributed by atoms with E-state index in [0.29, 0.717) is 53.0 Å². The molecule has 0 bridgehead atoms. The van der Waals surface area contributed by atoms with Crippen LogP contribution >= 0.6 is 0 Å². The summed E-state index contributed by atoms with van der Waals surface area (Å²) in [6, 6.07) is 20.2. The van der Waals surface area contributed by atoms with Crippen LogP contribution in [0.2, 0.25) is 0 Å². The van der Waals surface area contributed by atoms with Gasteiger partial charge in [0.05, 0.1) is 24.6 Å². The molecule has 2 amide bonds. The maximum atomic E-state index is 13.5. The third-order valence-corrected chi connectivity index (χ3v) is 6.18. The molecule has 39 heavy (non-hydrogen) atoms. The van der Waals surface area contributed by atoms with Crippen LogP contribution in [0.25, 0.3) is 10.9 Å². The van der Waals surface area contributed by atoms with Crippen LogP contribution in [0.4, 0.5) is 5.69 Å². The van der Waals surface area contributed by atoms with Gasteiger partial charge in [-0.25, -0.2) is 4.79 Å². The highest BCUT2D eigenvalue weighted by molar-refractivity contribution is 5.94. The molecule has 0 radical (unpaired) electrons. The Bertz CT molecular complexity index is 1570. The van der Waals surface area contributed by atoms with Crippen LogP contribution in [-0.4, -0.2) is 48.3 Å². The molecule has 10 heteroatoms. The van der Waals surface area contributed by atoms with E-state index in [-0.39, 0.29) is 19.0 Å². The zero-order valence-electron chi connectivity index (χ0n) is 21.8. The van der Waals surface area contributed by atoms with E-state index in [1.807, 2.05) is 0 Å². The van der Waals surface area contributed by atoms with E-state index in [1.54, 1.807) is 87.0 Å². The van der Waals surface area contributed by atoms with Gasteiger partial charge >= 0.3 is 5.69 Å². The highest BCUT2D eigenvalue weighted by Crippen LogP contribution is 2.15. The number of benzene rings is 3. The Morgan fingerprint density at radius 1 is 0.872 bits per heavy atom. The van der Waals surface area contributed by atoms with Crippen molar-refractivity contribution in [3.05, 3.63) is 105 Å². The van der Waals surface area contributed by atoms with Crippen LogP contribution in [0.3, 0.4) is 0 Å². The van der Waals surface area contributed by atoms with Crippen molar-refractivity contribution in [2.45, 2.75) is 19.5 Å². The summed E-state index contributed by atoms with van der Waals surface area (Å²) >= 11 is 0. The van der Waals surface area contributed by atoms with Gasteiger partial charge in [-0.15, -0.1) is 0 Å². The SMILES string of the molecule is COCCCNC(=O)c1ccc(Cn2c(=O)c3ccccc3n(CC(=O)Nc3ccc(OC)cc3)c2=O)cc1. The quantitative estimate of drug-likeness (QED) is 0.288. The number of nitrogens with one attached hydrogen (secondary N) is 2. The highest BCUT2D eigenvalue weighted by atomic mass is 16.5. The fourth-order valence-electron chi connectivity index (χ4n) is 4.15. The molecule has 3 aromatic carbocycles. The van der Waals surface area contributed by atoms with E-state index in [4.69, 9.17) is 9.47 Å². The van der Waals surface area contributed by atoms with Gasteiger partial charge in [-0.2, -0.15) is 0 Å². The number of nitrogens with zero attached hydrogens (tertiary/aromatic N) is 2. The number of hydrogen-bond donors (Lipinski definition) is 2. The number of carbonyl (C=O) groups excluding carboxylic acids is 2. The largest absolute Gasteiger partial charge is 0.497 e. The van der Waals surface area contributed by atoms with Crippen molar-refractivity contribution >= 4 is 28.4 Å². The number of rotatable bonds is 11. The van der Waals surface area contributed by atoms with Gasteiger partial charge < -0.3 is 20.1 Å². The lowest BCUT2D eigenvalue weighted by molar-refractivity contribution is -0.116. The van der Waals surface area contributed by atoms with E-state index >= 15 is 0 Å². The topological polar surface area (TPSA) is 121 Å². The summed E-state index contributed by atoms with van der Waals surface area (Å²) in [6.07, 6.45) is 0.704. The van der Waals surface area contributed by atoms with Gasteiger partial charge in [-0.05, 0) is 60.5 Å². The van der Waals surface area contributed by atoms with Crippen molar-refractivity contribution in [3.8, 4) is 5.75 Å². The fourth-order valence-corrected chi connectivity index (χ4v) is 4.15. The molecule has 4 aromatic rings. The third kappa shape index (κ3) is 6.60. The van der Waals surface area contributed by atoms with Gasteiger partial charge in [0.15, 0.2) is 0 Å². The number of para-hydroxylation sites is 1. The first-order valence-corrected chi connectivity index (χ1v) is 12.4. The molecule has 0 aliphatic heterocycles. The predicted molar refractivity (Wildman–Crippen MR) is 148 cm³/mol. The maximum Gasteiger partial charge on any atom is 0.332 e. The van der Waals surface area contributed by atoms with Gasteiger partial charge in [-0.3, -0.25) is 23.5 Å². The second kappa shape index (κ2) is 12.7. The molecule has 0 fully saturated rings. The average Bonchev–Trinajstić information content (AvgIpc) is 2.96. The van der Waals surface area contributed by atoms with Crippen molar-refractivity contribution < 1.29 is 19.1 Å². The standard InChI is InChI=1S/C29H30N4O6/c1-38-17-5-16-30-27(35)21-10-8-20(9-11-21)18-33-28(36)24-6-3-4-7-25(24)32(29(33)37)19-26(34)31-22-12-14-23(39-2)15-13-22/h3-4,6-15H,5,16-19H2,1-2H3,(H,30,35)(H,31,34). The lowest BCUT2D eigenvalue weighted by Crippen LogP contribution is -2.42. The van der Waals surface area contributed by atoms with E-state index in [1.165, 1.54) is 4.57 Å². The summed E-state index contributed by atoms with van der Waals surface area (Å²) in [6.45, 7) is 0.749. The zero-order valence-corrected chi connectivity index (χ0v) is 21.8. The lowest BCUT2D eigenvalue weighted by Gasteiger charge is -2.14. The number of hydrogen-bond acceptors (Lipinski definition) is 6. The van der Waals surface area contributed by atoms with E-state index in [2.05, 4.69) is 10.6 Å². The molecule has 4 rings (SSSR count). The minimum atomic E-state index is -0.608.